The van der Waals surface area contributed by atoms with Crippen molar-refractivity contribution in [1.29, 1.82) is 0 Å². The lowest BCUT2D eigenvalue weighted by Gasteiger charge is -2.30. The Labute approximate surface area is 123 Å². The van der Waals surface area contributed by atoms with E-state index < -0.39 is 0 Å². The number of rotatable bonds is 4. The van der Waals surface area contributed by atoms with Crippen molar-refractivity contribution >= 4 is 34.9 Å². The summed E-state index contributed by atoms with van der Waals surface area (Å²) in [5.74, 6) is 1.21. The molecule has 1 fully saturated rings. The fourth-order valence-electron chi connectivity index (χ4n) is 2.03. The number of nitrogens with zero attached hydrogens (tertiary/aromatic N) is 1. The van der Waals surface area contributed by atoms with Gasteiger partial charge in [0.1, 0.15) is 5.01 Å². The molecule has 1 aromatic heterocycles. The number of aromatic nitrogens is 1. The monoisotopic (exact) mass is 302 g/mol. The second kappa shape index (κ2) is 6.64. The first-order valence-electron chi connectivity index (χ1n) is 6.55. The van der Waals surface area contributed by atoms with Crippen LogP contribution < -0.4 is 5.32 Å². The van der Waals surface area contributed by atoms with E-state index in [9.17, 15) is 0 Å². The van der Waals surface area contributed by atoms with Gasteiger partial charge in [0.15, 0.2) is 0 Å². The van der Waals surface area contributed by atoms with Crippen LogP contribution in [0.1, 0.15) is 41.6 Å². The van der Waals surface area contributed by atoms with Crippen LogP contribution in [0.25, 0.3) is 0 Å². The minimum absolute atomic E-state index is 0.599. The van der Waals surface area contributed by atoms with Crippen LogP contribution in [0.4, 0.5) is 0 Å². The first kappa shape index (κ1) is 14.7. The van der Waals surface area contributed by atoms with Crippen LogP contribution in [0.2, 0.25) is 0 Å². The van der Waals surface area contributed by atoms with Gasteiger partial charge in [-0.3, -0.25) is 0 Å². The van der Waals surface area contributed by atoms with E-state index in [4.69, 9.17) is 4.98 Å². The molecule has 18 heavy (non-hydrogen) atoms. The molecule has 2 nitrogen and oxygen atoms in total. The van der Waals surface area contributed by atoms with Gasteiger partial charge in [0, 0.05) is 27.7 Å². The van der Waals surface area contributed by atoms with Gasteiger partial charge < -0.3 is 5.32 Å². The van der Waals surface area contributed by atoms with Crippen LogP contribution >= 0.6 is 34.9 Å². The van der Waals surface area contributed by atoms with Gasteiger partial charge in [0.2, 0.25) is 0 Å². The summed E-state index contributed by atoms with van der Waals surface area (Å²) >= 11 is 6.11. The number of hydrogen-bond acceptors (Lipinski definition) is 5. The van der Waals surface area contributed by atoms with Crippen molar-refractivity contribution in [2.75, 3.05) is 12.8 Å². The Morgan fingerprint density at radius 2 is 2.11 bits per heavy atom. The highest BCUT2D eigenvalue weighted by Gasteiger charge is 2.29. The fourth-order valence-corrected chi connectivity index (χ4v) is 6.39. The molecule has 1 N–H and O–H groups in total. The summed E-state index contributed by atoms with van der Waals surface area (Å²) in [5, 5.41) is 6.69. The second-order valence-corrected chi connectivity index (χ2v) is 8.78. The summed E-state index contributed by atoms with van der Waals surface area (Å²) in [5.41, 5.74) is 1.29. The number of hydrogen-bond donors (Lipinski definition) is 1. The molecular formula is C13H22N2S3. The normalized spacial score (nSPS) is 28.6. The molecule has 0 bridgehead atoms. The van der Waals surface area contributed by atoms with E-state index in [0.717, 1.165) is 23.5 Å². The van der Waals surface area contributed by atoms with Crippen molar-refractivity contribution in [3.8, 4) is 0 Å². The first-order chi connectivity index (χ1) is 8.65. The fraction of sp³-hybridized carbons (Fsp3) is 0.769. The Hall–Kier alpha value is 0.290. The van der Waals surface area contributed by atoms with E-state index >= 15 is 0 Å². The Morgan fingerprint density at radius 1 is 1.33 bits per heavy atom. The van der Waals surface area contributed by atoms with E-state index in [2.05, 4.69) is 49.6 Å². The smallest absolute Gasteiger partial charge is 0.107 e. The maximum atomic E-state index is 4.87. The van der Waals surface area contributed by atoms with Crippen LogP contribution in [0, 0.1) is 0 Å². The Kier molecular flexibility index (Phi) is 5.42. The van der Waals surface area contributed by atoms with Crippen molar-refractivity contribution < 1.29 is 0 Å². The third-order valence-corrected chi connectivity index (χ3v) is 8.05. The summed E-state index contributed by atoms with van der Waals surface area (Å²) in [6.45, 7) is 7.84. The predicted molar refractivity (Wildman–Crippen MR) is 86.0 cm³/mol. The molecule has 2 heterocycles. The Balaban J connectivity index is 2.13. The molecule has 102 valence electrons. The first-order valence-corrected chi connectivity index (χ1v) is 9.36. The quantitative estimate of drug-likeness (QED) is 0.916. The summed E-state index contributed by atoms with van der Waals surface area (Å²) < 4.78 is 0. The average Bonchev–Trinajstić information content (AvgIpc) is 2.76. The molecule has 1 aliphatic rings. The maximum absolute atomic E-state index is 4.87. The molecule has 2 rings (SSSR count). The number of thioether (sulfide) groups is 2. The second-order valence-electron chi connectivity index (χ2n) is 4.67. The zero-order valence-electron chi connectivity index (χ0n) is 11.5. The van der Waals surface area contributed by atoms with Crippen molar-refractivity contribution in [1.82, 2.24) is 10.3 Å². The summed E-state index contributed by atoms with van der Waals surface area (Å²) in [7, 11) is 2.01. The van der Waals surface area contributed by atoms with Crippen molar-refractivity contribution in [3.05, 3.63) is 15.6 Å². The van der Waals surface area contributed by atoms with Gasteiger partial charge in [-0.15, -0.1) is 23.1 Å². The molecule has 0 aliphatic carbocycles. The van der Waals surface area contributed by atoms with E-state index in [1.54, 1.807) is 0 Å². The summed E-state index contributed by atoms with van der Waals surface area (Å²) in [6, 6.07) is 0. The van der Waals surface area contributed by atoms with E-state index in [-0.39, 0.29) is 0 Å². The van der Waals surface area contributed by atoms with Gasteiger partial charge in [-0.1, -0.05) is 20.8 Å². The van der Waals surface area contributed by atoms with Gasteiger partial charge in [-0.25, -0.2) is 4.98 Å². The molecule has 0 radical (unpaired) electrons. The predicted octanol–water partition coefficient (Wildman–Crippen LogP) is 3.72. The number of thiazole rings is 1. The molecule has 3 atom stereocenters. The van der Waals surface area contributed by atoms with Crippen molar-refractivity contribution in [2.24, 2.45) is 0 Å². The topological polar surface area (TPSA) is 24.9 Å². The zero-order chi connectivity index (χ0) is 13.1. The zero-order valence-corrected chi connectivity index (χ0v) is 14.0. The summed E-state index contributed by atoms with van der Waals surface area (Å²) in [4.78, 5) is 6.30. The Morgan fingerprint density at radius 3 is 2.72 bits per heavy atom. The van der Waals surface area contributed by atoms with Crippen molar-refractivity contribution in [3.63, 3.8) is 0 Å². The van der Waals surface area contributed by atoms with Gasteiger partial charge in [-0.05, 0) is 13.5 Å². The average molecular weight is 303 g/mol. The highest BCUT2D eigenvalue weighted by molar-refractivity contribution is 8.07. The minimum atomic E-state index is 0.599. The van der Waals surface area contributed by atoms with E-state index in [1.165, 1.54) is 21.3 Å². The molecule has 0 spiro atoms. The van der Waals surface area contributed by atoms with Crippen LogP contribution in [0.15, 0.2) is 0 Å². The third-order valence-electron chi connectivity index (χ3n) is 3.29. The van der Waals surface area contributed by atoms with E-state index in [1.807, 2.05) is 18.4 Å². The molecule has 1 saturated heterocycles. The van der Waals surface area contributed by atoms with Crippen LogP contribution in [0.3, 0.4) is 0 Å². The molecule has 0 aromatic carbocycles. The number of aryl methyl sites for hydroxylation is 1. The highest BCUT2D eigenvalue weighted by Crippen LogP contribution is 2.45. The van der Waals surface area contributed by atoms with Crippen LogP contribution in [-0.2, 0) is 13.0 Å². The molecule has 1 aromatic rings. The van der Waals surface area contributed by atoms with Gasteiger partial charge >= 0.3 is 0 Å². The maximum Gasteiger partial charge on any atom is 0.107 e. The number of nitrogens with one attached hydrogen (secondary N) is 1. The van der Waals surface area contributed by atoms with Gasteiger partial charge in [0.25, 0.3) is 0 Å². The van der Waals surface area contributed by atoms with E-state index in [0.29, 0.717) is 5.25 Å². The van der Waals surface area contributed by atoms with Crippen LogP contribution in [-0.4, -0.2) is 28.3 Å². The highest BCUT2D eigenvalue weighted by atomic mass is 32.2. The standard InChI is InChI=1S/C13H22N2S3/c1-5-10-11(6-14-4)18-13(15-10)12-7-16-8(2)9(3)17-12/h8-9,12,14H,5-7H2,1-4H3. The third kappa shape index (κ3) is 3.24. The lowest BCUT2D eigenvalue weighted by Crippen LogP contribution is -2.21. The largest absolute Gasteiger partial charge is 0.315 e. The lowest BCUT2D eigenvalue weighted by molar-refractivity contribution is 0.813. The minimum Gasteiger partial charge on any atom is -0.315 e. The molecular weight excluding hydrogens is 280 g/mol. The lowest BCUT2D eigenvalue weighted by atomic mass is 10.3. The van der Waals surface area contributed by atoms with Crippen molar-refractivity contribution in [2.45, 2.75) is 49.5 Å². The molecule has 0 saturated carbocycles. The molecule has 1 aliphatic heterocycles. The molecule has 0 amide bonds. The molecule has 3 unspecified atom stereocenters. The van der Waals surface area contributed by atoms with Gasteiger partial charge in [-0.2, -0.15) is 11.8 Å². The SMILES string of the molecule is CCc1nc(C2CSC(C)C(C)S2)sc1CNC. The molecule has 5 heteroatoms. The Bertz CT molecular complexity index is 392. The van der Waals surface area contributed by atoms with Crippen LogP contribution in [0.5, 0.6) is 0 Å². The van der Waals surface area contributed by atoms with Gasteiger partial charge in [0.05, 0.1) is 10.9 Å². The summed E-state index contributed by atoms with van der Waals surface area (Å²) in [6.07, 6.45) is 1.05.